The first kappa shape index (κ1) is 6.48. The number of rotatable bonds is 1. The molecule has 0 spiro atoms. The SMILES string of the molecule is Cc1ccc(-c2nn[nH]n2)s1. The molecule has 2 heterocycles. The number of aromatic amines is 1. The third kappa shape index (κ3) is 1.14. The van der Waals surface area contributed by atoms with Crippen LogP contribution in [0.15, 0.2) is 12.1 Å². The molecule has 0 saturated heterocycles. The minimum Gasteiger partial charge on any atom is -0.177 e. The third-order valence-electron chi connectivity index (χ3n) is 1.31. The molecule has 0 radical (unpaired) electrons. The second-order valence-corrected chi connectivity index (χ2v) is 3.43. The maximum absolute atomic E-state index is 3.86. The fourth-order valence-electron chi connectivity index (χ4n) is 0.821. The van der Waals surface area contributed by atoms with Crippen molar-refractivity contribution in [2.45, 2.75) is 6.92 Å². The van der Waals surface area contributed by atoms with Gasteiger partial charge in [-0.05, 0) is 24.3 Å². The molecular formula is C6H6N4S. The van der Waals surface area contributed by atoms with E-state index in [0.717, 1.165) is 4.88 Å². The van der Waals surface area contributed by atoms with Crippen LogP contribution in [0.4, 0.5) is 0 Å². The van der Waals surface area contributed by atoms with Crippen LogP contribution in [0.1, 0.15) is 4.88 Å². The zero-order chi connectivity index (χ0) is 7.68. The molecule has 2 aromatic heterocycles. The average molecular weight is 166 g/mol. The summed E-state index contributed by atoms with van der Waals surface area (Å²) in [5.74, 6) is 0.670. The first-order valence-electron chi connectivity index (χ1n) is 3.16. The number of aromatic nitrogens is 4. The highest BCUT2D eigenvalue weighted by Crippen LogP contribution is 2.23. The Morgan fingerprint density at radius 3 is 2.91 bits per heavy atom. The highest BCUT2D eigenvalue weighted by Gasteiger charge is 2.03. The zero-order valence-electron chi connectivity index (χ0n) is 5.90. The van der Waals surface area contributed by atoms with Crippen LogP contribution in [0.25, 0.3) is 10.7 Å². The normalized spacial score (nSPS) is 10.3. The molecule has 2 rings (SSSR count). The fraction of sp³-hybridized carbons (Fsp3) is 0.167. The Hall–Kier alpha value is -1.23. The molecule has 0 bridgehead atoms. The van der Waals surface area contributed by atoms with Crippen molar-refractivity contribution in [2.75, 3.05) is 0 Å². The lowest BCUT2D eigenvalue weighted by atomic mass is 10.4. The Labute approximate surface area is 67.3 Å². The zero-order valence-corrected chi connectivity index (χ0v) is 6.72. The summed E-state index contributed by atoms with van der Waals surface area (Å²) in [6.07, 6.45) is 0. The van der Waals surface area contributed by atoms with E-state index in [4.69, 9.17) is 0 Å². The number of H-pyrrole nitrogens is 1. The van der Waals surface area contributed by atoms with Gasteiger partial charge >= 0.3 is 0 Å². The van der Waals surface area contributed by atoms with Gasteiger partial charge in [0.15, 0.2) is 0 Å². The first-order valence-corrected chi connectivity index (χ1v) is 3.98. The molecule has 56 valence electrons. The van der Waals surface area contributed by atoms with Crippen molar-refractivity contribution in [3.8, 4) is 10.7 Å². The Morgan fingerprint density at radius 2 is 2.36 bits per heavy atom. The lowest BCUT2D eigenvalue weighted by Gasteiger charge is -1.81. The van der Waals surface area contributed by atoms with Crippen molar-refractivity contribution in [1.29, 1.82) is 0 Å². The summed E-state index contributed by atoms with van der Waals surface area (Å²) in [4.78, 5) is 2.31. The predicted molar refractivity (Wildman–Crippen MR) is 42.2 cm³/mol. The van der Waals surface area contributed by atoms with Gasteiger partial charge in [-0.15, -0.1) is 21.5 Å². The highest BCUT2D eigenvalue weighted by molar-refractivity contribution is 7.15. The van der Waals surface area contributed by atoms with Crippen LogP contribution in [-0.4, -0.2) is 20.6 Å². The fourth-order valence-corrected chi connectivity index (χ4v) is 1.62. The van der Waals surface area contributed by atoms with Crippen molar-refractivity contribution in [3.63, 3.8) is 0 Å². The molecule has 1 N–H and O–H groups in total. The summed E-state index contributed by atoms with van der Waals surface area (Å²) in [6.45, 7) is 2.05. The smallest absolute Gasteiger partial charge is 0.177 e. The molecule has 0 amide bonds. The first-order chi connectivity index (χ1) is 5.36. The largest absolute Gasteiger partial charge is 0.214 e. The second-order valence-electron chi connectivity index (χ2n) is 2.15. The van der Waals surface area contributed by atoms with E-state index in [1.165, 1.54) is 4.88 Å². The van der Waals surface area contributed by atoms with E-state index in [1.54, 1.807) is 11.3 Å². The van der Waals surface area contributed by atoms with Crippen LogP contribution < -0.4 is 0 Å². The third-order valence-corrected chi connectivity index (χ3v) is 2.30. The number of nitrogens with zero attached hydrogens (tertiary/aromatic N) is 3. The molecule has 0 aliphatic heterocycles. The number of thiophene rings is 1. The summed E-state index contributed by atoms with van der Waals surface area (Å²) in [5.41, 5.74) is 0. The monoisotopic (exact) mass is 166 g/mol. The van der Waals surface area contributed by atoms with Gasteiger partial charge in [-0.2, -0.15) is 5.21 Å². The molecule has 4 nitrogen and oxygen atoms in total. The van der Waals surface area contributed by atoms with E-state index in [0.29, 0.717) is 5.82 Å². The number of hydrogen-bond donors (Lipinski definition) is 1. The van der Waals surface area contributed by atoms with Gasteiger partial charge in [0, 0.05) is 4.88 Å². The maximum atomic E-state index is 3.86. The number of tetrazole rings is 1. The van der Waals surface area contributed by atoms with Crippen molar-refractivity contribution in [3.05, 3.63) is 17.0 Å². The summed E-state index contributed by atoms with van der Waals surface area (Å²) >= 11 is 1.66. The molecule has 0 fully saturated rings. The highest BCUT2D eigenvalue weighted by atomic mass is 32.1. The van der Waals surface area contributed by atoms with E-state index >= 15 is 0 Å². The van der Waals surface area contributed by atoms with E-state index in [9.17, 15) is 0 Å². The molecule has 0 aromatic carbocycles. The van der Waals surface area contributed by atoms with Gasteiger partial charge in [0.2, 0.25) is 5.82 Å². The summed E-state index contributed by atoms with van der Waals surface area (Å²) in [6, 6.07) is 4.03. The van der Waals surface area contributed by atoms with Crippen molar-refractivity contribution >= 4 is 11.3 Å². The van der Waals surface area contributed by atoms with Gasteiger partial charge < -0.3 is 0 Å². The maximum Gasteiger partial charge on any atom is 0.214 e. The van der Waals surface area contributed by atoms with E-state index in [2.05, 4.69) is 20.6 Å². The van der Waals surface area contributed by atoms with Gasteiger partial charge in [-0.1, -0.05) is 0 Å². The Kier molecular flexibility index (Phi) is 1.43. The molecule has 0 aliphatic rings. The van der Waals surface area contributed by atoms with Crippen LogP contribution in [0.2, 0.25) is 0 Å². The van der Waals surface area contributed by atoms with Crippen molar-refractivity contribution < 1.29 is 0 Å². The molecule has 2 aromatic rings. The lowest BCUT2D eigenvalue weighted by Crippen LogP contribution is -1.73. The van der Waals surface area contributed by atoms with E-state index < -0.39 is 0 Å². The predicted octanol–water partition coefficient (Wildman–Crippen LogP) is 1.24. The Bertz CT molecular complexity index is 337. The lowest BCUT2D eigenvalue weighted by molar-refractivity contribution is 0.881. The van der Waals surface area contributed by atoms with Gasteiger partial charge in [0.25, 0.3) is 0 Å². The number of nitrogens with one attached hydrogen (secondary N) is 1. The minimum atomic E-state index is 0.670. The molecule has 0 atom stereocenters. The Balaban J connectivity index is 2.45. The van der Waals surface area contributed by atoms with Crippen LogP contribution in [0.5, 0.6) is 0 Å². The Morgan fingerprint density at radius 1 is 1.45 bits per heavy atom. The molecule has 11 heavy (non-hydrogen) atoms. The van der Waals surface area contributed by atoms with Crippen LogP contribution >= 0.6 is 11.3 Å². The topological polar surface area (TPSA) is 54.5 Å². The van der Waals surface area contributed by atoms with Gasteiger partial charge in [-0.3, -0.25) is 0 Å². The van der Waals surface area contributed by atoms with E-state index in [1.807, 2.05) is 19.1 Å². The van der Waals surface area contributed by atoms with Crippen LogP contribution in [-0.2, 0) is 0 Å². The van der Waals surface area contributed by atoms with Crippen LogP contribution in [0, 0.1) is 6.92 Å². The molecular weight excluding hydrogens is 160 g/mol. The van der Waals surface area contributed by atoms with Crippen molar-refractivity contribution in [2.24, 2.45) is 0 Å². The van der Waals surface area contributed by atoms with Gasteiger partial charge in [0.1, 0.15) is 0 Å². The summed E-state index contributed by atoms with van der Waals surface area (Å²) in [7, 11) is 0. The number of hydrogen-bond acceptors (Lipinski definition) is 4. The second kappa shape index (κ2) is 2.43. The minimum absolute atomic E-state index is 0.670. The number of aryl methyl sites for hydroxylation is 1. The van der Waals surface area contributed by atoms with Gasteiger partial charge in [-0.25, -0.2) is 0 Å². The molecule has 0 unspecified atom stereocenters. The summed E-state index contributed by atoms with van der Waals surface area (Å²) in [5, 5.41) is 13.6. The molecule has 0 aliphatic carbocycles. The molecule has 0 saturated carbocycles. The van der Waals surface area contributed by atoms with E-state index in [-0.39, 0.29) is 0 Å². The summed E-state index contributed by atoms with van der Waals surface area (Å²) < 4.78 is 0. The molecule has 5 heteroatoms. The van der Waals surface area contributed by atoms with Crippen molar-refractivity contribution in [1.82, 2.24) is 20.6 Å². The van der Waals surface area contributed by atoms with Gasteiger partial charge in [0.05, 0.1) is 4.88 Å². The van der Waals surface area contributed by atoms with Crippen LogP contribution in [0.3, 0.4) is 0 Å². The quantitative estimate of drug-likeness (QED) is 0.693. The average Bonchev–Trinajstić information content (AvgIpc) is 2.55. The standard InChI is InChI=1S/C6H6N4S/c1-4-2-3-5(11-4)6-7-9-10-8-6/h2-3H,1H3,(H,7,8,9,10).